The first-order valence-corrected chi connectivity index (χ1v) is 6.22. The number of carbonyl (C=O) groups excluding carboxylic acids is 2. The Bertz CT molecular complexity index is 514. The zero-order valence-electron chi connectivity index (χ0n) is 8.98. The van der Waals surface area contributed by atoms with Crippen LogP contribution in [0.25, 0.3) is 0 Å². The summed E-state index contributed by atoms with van der Waals surface area (Å²) in [6.45, 7) is 0.911. The molecule has 0 aliphatic carbocycles. The van der Waals surface area contributed by atoms with E-state index in [9.17, 15) is 9.59 Å². The molecule has 88 valence electrons. The number of fused-ring (bicyclic) bond motifs is 1. The lowest BCUT2D eigenvalue weighted by atomic mass is 10.1. The lowest BCUT2D eigenvalue weighted by molar-refractivity contribution is -0.141. The van der Waals surface area contributed by atoms with Gasteiger partial charge in [0.15, 0.2) is 0 Å². The molecule has 0 N–H and O–H groups in total. The van der Waals surface area contributed by atoms with E-state index in [-0.39, 0.29) is 11.9 Å². The summed E-state index contributed by atoms with van der Waals surface area (Å²) in [5.41, 5.74) is 1.65. The van der Waals surface area contributed by atoms with Crippen molar-refractivity contribution < 1.29 is 14.3 Å². The third-order valence-electron chi connectivity index (χ3n) is 3.19. The SMILES string of the molecule is O=C1OCC[C@H]1N1Cc2ccc(Br)cc2C1=O. The van der Waals surface area contributed by atoms with E-state index >= 15 is 0 Å². The van der Waals surface area contributed by atoms with Crippen molar-refractivity contribution in [2.75, 3.05) is 6.61 Å². The molecule has 3 rings (SSSR count). The zero-order valence-corrected chi connectivity index (χ0v) is 10.6. The highest BCUT2D eigenvalue weighted by Gasteiger charge is 2.39. The molecule has 0 aromatic heterocycles. The van der Waals surface area contributed by atoms with E-state index in [1.165, 1.54) is 0 Å². The maximum absolute atomic E-state index is 12.2. The molecule has 0 bridgehead atoms. The average molecular weight is 296 g/mol. The number of hydrogen-bond acceptors (Lipinski definition) is 3. The number of nitrogens with zero attached hydrogens (tertiary/aromatic N) is 1. The first kappa shape index (κ1) is 10.8. The highest BCUT2D eigenvalue weighted by molar-refractivity contribution is 9.10. The van der Waals surface area contributed by atoms with Crippen molar-refractivity contribution in [3.63, 3.8) is 0 Å². The summed E-state index contributed by atoms with van der Waals surface area (Å²) in [5.74, 6) is -0.365. The Morgan fingerprint density at radius 2 is 2.18 bits per heavy atom. The number of hydrogen-bond donors (Lipinski definition) is 0. The van der Waals surface area contributed by atoms with Gasteiger partial charge in [-0.2, -0.15) is 0 Å². The van der Waals surface area contributed by atoms with Crippen LogP contribution >= 0.6 is 15.9 Å². The maximum Gasteiger partial charge on any atom is 0.329 e. The Balaban J connectivity index is 1.93. The number of cyclic esters (lactones) is 1. The number of rotatable bonds is 1. The monoisotopic (exact) mass is 295 g/mol. The van der Waals surface area contributed by atoms with Crippen LogP contribution in [0.2, 0.25) is 0 Å². The predicted octanol–water partition coefficient (Wildman–Crippen LogP) is 1.72. The van der Waals surface area contributed by atoms with Crippen LogP contribution < -0.4 is 0 Å². The van der Waals surface area contributed by atoms with E-state index in [0.717, 1.165) is 10.0 Å². The number of carbonyl (C=O) groups is 2. The van der Waals surface area contributed by atoms with Gasteiger partial charge in [0, 0.05) is 23.0 Å². The summed E-state index contributed by atoms with van der Waals surface area (Å²) >= 11 is 3.35. The molecule has 1 atom stereocenters. The van der Waals surface area contributed by atoms with Gasteiger partial charge in [-0.25, -0.2) is 4.79 Å². The fourth-order valence-corrected chi connectivity index (χ4v) is 2.68. The largest absolute Gasteiger partial charge is 0.464 e. The number of ether oxygens (including phenoxy) is 1. The maximum atomic E-state index is 12.2. The highest BCUT2D eigenvalue weighted by Crippen LogP contribution is 2.29. The summed E-state index contributed by atoms with van der Waals surface area (Å²) in [4.78, 5) is 25.3. The van der Waals surface area contributed by atoms with Gasteiger partial charge >= 0.3 is 5.97 Å². The minimum Gasteiger partial charge on any atom is -0.464 e. The average Bonchev–Trinajstić information content (AvgIpc) is 2.84. The first-order valence-electron chi connectivity index (χ1n) is 5.43. The van der Waals surface area contributed by atoms with Crippen molar-refractivity contribution in [3.05, 3.63) is 33.8 Å². The van der Waals surface area contributed by atoms with Crippen molar-refractivity contribution >= 4 is 27.8 Å². The molecule has 1 aromatic carbocycles. The molecule has 0 spiro atoms. The molecule has 2 heterocycles. The molecule has 0 radical (unpaired) electrons. The van der Waals surface area contributed by atoms with Crippen molar-refractivity contribution in [3.8, 4) is 0 Å². The molecule has 1 fully saturated rings. The van der Waals surface area contributed by atoms with Crippen LogP contribution in [-0.4, -0.2) is 29.4 Å². The third-order valence-corrected chi connectivity index (χ3v) is 3.68. The number of benzene rings is 1. The van der Waals surface area contributed by atoms with Gasteiger partial charge in [-0.1, -0.05) is 22.0 Å². The van der Waals surface area contributed by atoms with Crippen molar-refractivity contribution in [2.24, 2.45) is 0 Å². The van der Waals surface area contributed by atoms with E-state index in [4.69, 9.17) is 4.74 Å². The van der Waals surface area contributed by atoms with Crippen LogP contribution in [0.1, 0.15) is 22.3 Å². The number of halogens is 1. The van der Waals surface area contributed by atoms with Crippen LogP contribution in [0.5, 0.6) is 0 Å². The molecule has 0 unspecified atom stereocenters. The van der Waals surface area contributed by atoms with Crippen LogP contribution in [0.4, 0.5) is 0 Å². The van der Waals surface area contributed by atoms with Crippen LogP contribution in [0, 0.1) is 0 Å². The summed E-state index contributed by atoms with van der Waals surface area (Å²) in [6.07, 6.45) is 0.597. The molecule has 5 heteroatoms. The van der Waals surface area contributed by atoms with Gasteiger partial charge in [0.25, 0.3) is 5.91 Å². The van der Waals surface area contributed by atoms with Crippen molar-refractivity contribution in [1.82, 2.24) is 4.90 Å². The zero-order chi connectivity index (χ0) is 12.0. The standard InChI is InChI=1S/C12H10BrNO3/c13-8-2-1-7-6-14(11(15)9(7)5-8)10-3-4-17-12(10)16/h1-2,5,10H,3-4,6H2/t10-/m1/s1. The van der Waals surface area contributed by atoms with E-state index in [1.807, 2.05) is 12.1 Å². The molecule has 1 saturated heterocycles. The molecule has 4 nitrogen and oxygen atoms in total. The Morgan fingerprint density at radius 1 is 1.35 bits per heavy atom. The predicted molar refractivity (Wildman–Crippen MR) is 63.4 cm³/mol. The van der Waals surface area contributed by atoms with Gasteiger partial charge in [-0.15, -0.1) is 0 Å². The fraction of sp³-hybridized carbons (Fsp3) is 0.333. The lowest BCUT2D eigenvalue weighted by Crippen LogP contribution is -2.38. The molecule has 2 aliphatic heterocycles. The summed E-state index contributed by atoms with van der Waals surface area (Å²) < 4.78 is 5.78. The van der Waals surface area contributed by atoms with E-state index < -0.39 is 6.04 Å². The molecule has 1 amide bonds. The van der Waals surface area contributed by atoms with Crippen LogP contribution in [0.3, 0.4) is 0 Å². The molecule has 17 heavy (non-hydrogen) atoms. The van der Waals surface area contributed by atoms with E-state index in [0.29, 0.717) is 25.1 Å². The Kier molecular flexibility index (Phi) is 2.43. The van der Waals surface area contributed by atoms with Crippen molar-refractivity contribution in [1.29, 1.82) is 0 Å². The van der Waals surface area contributed by atoms with Gasteiger partial charge < -0.3 is 9.64 Å². The third kappa shape index (κ3) is 1.65. The van der Waals surface area contributed by atoms with Gasteiger partial charge in [0.05, 0.1) is 6.61 Å². The van der Waals surface area contributed by atoms with Gasteiger partial charge in [-0.3, -0.25) is 4.79 Å². The first-order chi connectivity index (χ1) is 8.16. The Labute approximate surface area is 107 Å². The second-order valence-electron chi connectivity index (χ2n) is 4.21. The quantitative estimate of drug-likeness (QED) is 0.741. The van der Waals surface area contributed by atoms with Gasteiger partial charge in [0.2, 0.25) is 0 Å². The van der Waals surface area contributed by atoms with Crippen LogP contribution in [0.15, 0.2) is 22.7 Å². The number of esters is 1. The van der Waals surface area contributed by atoms with Gasteiger partial charge in [-0.05, 0) is 17.7 Å². The highest BCUT2D eigenvalue weighted by atomic mass is 79.9. The summed E-state index contributed by atoms with van der Waals surface area (Å²) in [5, 5.41) is 0. The minimum absolute atomic E-state index is 0.0786. The van der Waals surface area contributed by atoms with Crippen LogP contribution in [-0.2, 0) is 16.1 Å². The molecule has 0 saturated carbocycles. The van der Waals surface area contributed by atoms with Crippen molar-refractivity contribution in [2.45, 2.75) is 19.0 Å². The molecule has 2 aliphatic rings. The number of amides is 1. The van der Waals surface area contributed by atoms with E-state index in [1.54, 1.807) is 11.0 Å². The lowest BCUT2D eigenvalue weighted by Gasteiger charge is -2.19. The second kappa shape index (κ2) is 3.84. The van der Waals surface area contributed by atoms with E-state index in [2.05, 4.69) is 15.9 Å². The Morgan fingerprint density at radius 3 is 2.88 bits per heavy atom. The molecule has 1 aromatic rings. The summed E-state index contributed by atoms with van der Waals surface area (Å²) in [6, 6.07) is 5.21. The Hall–Kier alpha value is -1.36. The topological polar surface area (TPSA) is 46.6 Å². The second-order valence-corrected chi connectivity index (χ2v) is 5.12. The smallest absolute Gasteiger partial charge is 0.329 e. The molecular weight excluding hydrogens is 286 g/mol. The normalized spacial score (nSPS) is 22.9. The minimum atomic E-state index is -0.409. The summed E-state index contributed by atoms with van der Waals surface area (Å²) in [7, 11) is 0. The van der Waals surface area contributed by atoms with Gasteiger partial charge in [0.1, 0.15) is 6.04 Å². The fourth-order valence-electron chi connectivity index (χ4n) is 2.32. The molecular formula is C12H10BrNO3.